The standard InChI is InChI=1S/C10H17N5O2/c1-3-14-4-6-15(7-5-14)10-12-11-8(9(16)17)13(10)2/h3-7H2,1-2H3,(H,16,17). The lowest BCUT2D eigenvalue weighted by Gasteiger charge is -2.31. The second-order valence-corrected chi connectivity index (χ2v) is 4.26. The molecule has 0 aromatic carbocycles. The number of piperazine rings is 1. The molecule has 0 bridgehead atoms. The number of aromatic carboxylic acids is 1. The fourth-order valence-corrected chi connectivity index (χ4v) is 2.15. The van der Waals surface area contributed by atoms with E-state index in [2.05, 4.69) is 22.0 Å². The number of carboxylic acid groups (broad SMARTS) is 1. The SMILES string of the molecule is CC[NH+]1CCN(c2nnc(C(=O)[O-])n2C)CC1. The molecule has 0 amide bonds. The van der Waals surface area contributed by atoms with E-state index in [-0.39, 0.29) is 5.82 Å². The number of quaternary nitrogens is 1. The van der Waals surface area contributed by atoms with Gasteiger partial charge in [0.05, 0.1) is 32.7 Å². The zero-order chi connectivity index (χ0) is 12.4. The maximum absolute atomic E-state index is 10.8. The van der Waals surface area contributed by atoms with Gasteiger partial charge in [0.1, 0.15) is 5.97 Å². The molecule has 7 nitrogen and oxygen atoms in total. The Balaban J connectivity index is 2.11. The highest BCUT2D eigenvalue weighted by Gasteiger charge is 2.23. The molecular formula is C10H17N5O2. The van der Waals surface area contributed by atoms with Crippen LogP contribution in [0, 0.1) is 0 Å². The Labute approximate surface area is 99.6 Å². The second kappa shape index (κ2) is 4.70. The van der Waals surface area contributed by atoms with Gasteiger partial charge in [-0.2, -0.15) is 0 Å². The number of carbonyl (C=O) groups is 1. The molecule has 1 aromatic rings. The number of anilines is 1. The second-order valence-electron chi connectivity index (χ2n) is 4.26. The van der Waals surface area contributed by atoms with E-state index in [4.69, 9.17) is 0 Å². The normalized spacial score (nSPS) is 17.4. The third-order valence-corrected chi connectivity index (χ3v) is 3.29. The molecule has 94 valence electrons. The van der Waals surface area contributed by atoms with Crippen LogP contribution in [0.3, 0.4) is 0 Å². The Morgan fingerprint density at radius 3 is 2.53 bits per heavy atom. The van der Waals surface area contributed by atoms with Gasteiger partial charge >= 0.3 is 0 Å². The monoisotopic (exact) mass is 239 g/mol. The van der Waals surface area contributed by atoms with E-state index in [9.17, 15) is 9.90 Å². The third-order valence-electron chi connectivity index (χ3n) is 3.29. The Hall–Kier alpha value is -1.63. The Kier molecular flexibility index (Phi) is 3.28. The highest BCUT2D eigenvalue weighted by molar-refractivity contribution is 5.81. The molecular weight excluding hydrogens is 222 g/mol. The van der Waals surface area contributed by atoms with Gasteiger partial charge in [-0.15, -0.1) is 10.2 Å². The van der Waals surface area contributed by atoms with E-state index in [1.807, 2.05) is 0 Å². The lowest BCUT2D eigenvalue weighted by Crippen LogP contribution is -3.14. The van der Waals surface area contributed by atoms with Crippen molar-refractivity contribution < 1.29 is 14.8 Å². The van der Waals surface area contributed by atoms with Crippen molar-refractivity contribution >= 4 is 11.9 Å². The predicted octanol–water partition coefficient (Wildman–Crippen LogP) is -3.10. The number of hydrogen-bond acceptors (Lipinski definition) is 5. The van der Waals surface area contributed by atoms with Crippen molar-refractivity contribution in [1.29, 1.82) is 0 Å². The number of aromatic nitrogens is 3. The van der Waals surface area contributed by atoms with E-state index in [1.54, 1.807) is 11.9 Å². The molecule has 1 saturated heterocycles. The lowest BCUT2D eigenvalue weighted by atomic mass is 10.3. The number of hydrogen-bond donors (Lipinski definition) is 1. The van der Waals surface area contributed by atoms with E-state index < -0.39 is 5.97 Å². The van der Waals surface area contributed by atoms with Crippen LogP contribution in [-0.4, -0.2) is 53.5 Å². The average Bonchev–Trinajstić information content (AvgIpc) is 2.71. The minimum atomic E-state index is -1.29. The summed E-state index contributed by atoms with van der Waals surface area (Å²) in [5.74, 6) is -0.798. The molecule has 0 saturated carbocycles. The highest BCUT2D eigenvalue weighted by atomic mass is 16.4. The Morgan fingerprint density at radius 2 is 2.06 bits per heavy atom. The molecule has 2 rings (SSSR count). The highest BCUT2D eigenvalue weighted by Crippen LogP contribution is 2.10. The topological polar surface area (TPSA) is 78.5 Å². The van der Waals surface area contributed by atoms with Gasteiger partial charge in [-0.25, -0.2) is 0 Å². The molecule has 1 N–H and O–H groups in total. The Morgan fingerprint density at radius 1 is 1.41 bits per heavy atom. The van der Waals surface area contributed by atoms with Crippen LogP contribution in [0.5, 0.6) is 0 Å². The first-order valence-electron chi connectivity index (χ1n) is 5.82. The van der Waals surface area contributed by atoms with Crippen molar-refractivity contribution in [3.63, 3.8) is 0 Å². The van der Waals surface area contributed by atoms with Crippen LogP contribution in [0.1, 0.15) is 17.5 Å². The quantitative estimate of drug-likeness (QED) is 0.604. The van der Waals surface area contributed by atoms with Crippen molar-refractivity contribution in [3.05, 3.63) is 5.82 Å². The van der Waals surface area contributed by atoms with Gasteiger partial charge in [0, 0.05) is 7.05 Å². The van der Waals surface area contributed by atoms with Crippen molar-refractivity contribution in [2.75, 3.05) is 37.6 Å². The lowest BCUT2D eigenvalue weighted by molar-refractivity contribution is -0.898. The molecule has 0 aliphatic carbocycles. The molecule has 2 heterocycles. The summed E-state index contributed by atoms with van der Waals surface area (Å²) in [7, 11) is 1.65. The van der Waals surface area contributed by atoms with Crippen LogP contribution in [0.15, 0.2) is 0 Å². The first kappa shape index (κ1) is 11.8. The van der Waals surface area contributed by atoms with Gasteiger partial charge in [-0.3, -0.25) is 4.57 Å². The van der Waals surface area contributed by atoms with Gasteiger partial charge in [0.25, 0.3) is 0 Å². The van der Waals surface area contributed by atoms with Crippen molar-refractivity contribution in [2.45, 2.75) is 6.92 Å². The summed E-state index contributed by atoms with van der Waals surface area (Å²) >= 11 is 0. The number of nitrogens with zero attached hydrogens (tertiary/aromatic N) is 4. The maximum atomic E-state index is 10.8. The van der Waals surface area contributed by atoms with Gasteiger partial charge in [-0.1, -0.05) is 0 Å². The number of rotatable bonds is 3. The summed E-state index contributed by atoms with van der Waals surface area (Å²) in [6.07, 6.45) is 0. The first-order valence-corrected chi connectivity index (χ1v) is 5.82. The van der Waals surface area contributed by atoms with Gasteiger partial charge < -0.3 is 19.7 Å². The van der Waals surface area contributed by atoms with Gasteiger partial charge in [-0.05, 0) is 6.92 Å². The summed E-state index contributed by atoms with van der Waals surface area (Å²) in [5.41, 5.74) is 0. The van der Waals surface area contributed by atoms with Crippen LogP contribution >= 0.6 is 0 Å². The van der Waals surface area contributed by atoms with Crippen LogP contribution in [0.25, 0.3) is 0 Å². The zero-order valence-electron chi connectivity index (χ0n) is 10.1. The van der Waals surface area contributed by atoms with Crippen LogP contribution in [-0.2, 0) is 7.05 Å². The number of likely N-dealkylation sites (N-methyl/N-ethyl adjacent to an activating group) is 1. The fraction of sp³-hybridized carbons (Fsp3) is 0.700. The van der Waals surface area contributed by atoms with E-state index >= 15 is 0 Å². The van der Waals surface area contributed by atoms with E-state index in [0.29, 0.717) is 5.95 Å². The predicted molar refractivity (Wildman–Crippen MR) is 58.8 cm³/mol. The maximum Gasteiger partial charge on any atom is 0.227 e. The molecule has 1 fully saturated rings. The minimum Gasteiger partial charge on any atom is -0.541 e. The van der Waals surface area contributed by atoms with Crippen molar-refractivity contribution in [1.82, 2.24) is 14.8 Å². The molecule has 0 spiro atoms. The van der Waals surface area contributed by atoms with Crippen LogP contribution < -0.4 is 14.9 Å². The molecule has 0 unspecified atom stereocenters. The largest absolute Gasteiger partial charge is 0.541 e. The van der Waals surface area contributed by atoms with Gasteiger partial charge in [0.15, 0.2) is 5.82 Å². The average molecular weight is 239 g/mol. The van der Waals surface area contributed by atoms with E-state index in [0.717, 1.165) is 32.7 Å². The molecule has 1 aromatic heterocycles. The Bertz CT molecular complexity index is 409. The summed E-state index contributed by atoms with van der Waals surface area (Å²) < 4.78 is 1.48. The number of carbonyl (C=O) groups excluding carboxylic acids is 1. The summed E-state index contributed by atoms with van der Waals surface area (Å²) in [6.45, 7) is 7.14. The molecule has 7 heteroatoms. The van der Waals surface area contributed by atoms with Gasteiger partial charge in [0.2, 0.25) is 5.95 Å². The summed E-state index contributed by atoms with van der Waals surface area (Å²) in [5, 5.41) is 18.3. The third kappa shape index (κ3) is 2.23. The molecule has 1 aliphatic heterocycles. The zero-order valence-corrected chi connectivity index (χ0v) is 10.1. The minimum absolute atomic E-state index is 0.120. The van der Waals surface area contributed by atoms with Crippen LogP contribution in [0.4, 0.5) is 5.95 Å². The van der Waals surface area contributed by atoms with E-state index in [1.165, 1.54) is 4.57 Å². The van der Waals surface area contributed by atoms with Crippen molar-refractivity contribution in [2.24, 2.45) is 7.05 Å². The molecule has 1 aliphatic rings. The van der Waals surface area contributed by atoms with Crippen LogP contribution in [0.2, 0.25) is 0 Å². The fourth-order valence-electron chi connectivity index (χ4n) is 2.15. The number of nitrogens with one attached hydrogen (secondary N) is 1. The number of carboxylic acids is 1. The van der Waals surface area contributed by atoms with Crippen molar-refractivity contribution in [3.8, 4) is 0 Å². The molecule has 17 heavy (non-hydrogen) atoms. The summed E-state index contributed by atoms with van der Waals surface area (Å²) in [4.78, 5) is 14.4. The molecule has 0 radical (unpaired) electrons. The first-order chi connectivity index (χ1) is 8.13. The molecule has 0 atom stereocenters. The smallest absolute Gasteiger partial charge is 0.227 e. The summed E-state index contributed by atoms with van der Waals surface area (Å²) in [6, 6.07) is 0.